The van der Waals surface area contributed by atoms with Gasteiger partial charge in [-0.15, -0.1) is 11.3 Å². The molecule has 9 nitrogen and oxygen atoms in total. The van der Waals surface area contributed by atoms with E-state index in [-0.39, 0.29) is 17.9 Å². The Bertz CT molecular complexity index is 1140. The van der Waals surface area contributed by atoms with E-state index in [1.54, 1.807) is 6.92 Å². The number of carbonyl (C=O) groups is 1. The van der Waals surface area contributed by atoms with Gasteiger partial charge < -0.3 is 19.4 Å². The number of thiazole rings is 1. The van der Waals surface area contributed by atoms with Gasteiger partial charge >= 0.3 is 0 Å². The lowest BCUT2D eigenvalue weighted by Gasteiger charge is -2.27. The van der Waals surface area contributed by atoms with Crippen LogP contribution in [0.5, 0.6) is 0 Å². The number of carbonyl (C=O) groups excluding carboxylic acids is 1. The Hall–Kier alpha value is -2.98. The van der Waals surface area contributed by atoms with Gasteiger partial charge in [-0.3, -0.25) is 14.6 Å². The number of morpholine rings is 1. The van der Waals surface area contributed by atoms with Crippen molar-refractivity contribution < 1.29 is 13.9 Å². The zero-order valence-electron chi connectivity index (χ0n) is 17.8. The third kappa shape index (κ3) is 4.86. The number of H-pyrrole nitrogens is 1. The Morgan fingerprint density at radius 3 is 2.71 bits per heavy atom. The summed E-state index contributed by atoms with van der Waals surface area (Å²) in [6.07, 6.45) is 0.475. The molecule has 3 aromatic heterocycles. The Morgan fingerprint density at radius 1 is 1.26 bits per heavy atom. The second-order valence-electron chi connectivity index (χ2n) is 7.47. The topological polar surface area (TPSA) is 113 Å². The van der Waals surface area contributed by atoms with E-state index in [1.807, 2.05) is 30.2 Å². The fourth-order valence-corrected chi connectivity index (χ4v) is 4.30. The molecule has 31 heavy (non-hydrogen) atoms. The number of aromatic nitrogens is 3. The summed E-state index contributed by atoms with van der Waals surface area (Å²) in [5.74, 6) is 1.97. The highest BCUT2D eigenvalue weighted by Gasteiger charge is 2.17. The summed E-state index contributed by atoms with van der Waals surface area (Å²) < 4.78 is 10.9. The van der Waals surface area contributed by atoms with E-state index >= 15 is 0 Å². The van der Waals surface area contributed by atoms with E-state index in [2.05, 4.69) is 20.3 Å². The van der Waals surface area contributed by atoms with Gasteiger partial charge in [0, 0.05) is 41.7 Å². The first-order chi connectivity index (χ1) is 14.9. The fourth-order valence-electron chi connectivity index (χ4n) is 3.58. The maximum Gasteiger partial charge on any atom is 0.255 e. The van der Waals surface area contributed by atoms with Gasteiger partial charge in [0.15, 0.2) is 5.13 Å². The van der Waals surface area contributed by atoms with Crippen molar-refractivity contribution in [3.05, 3.63) is 44.6 Å². The van der Waals surface area contributed by atoms with Crippen LogP contribution < -0.4 is 15.8 Å². The second-order valence-corrected chi connectivity index (χ2v) is 8.32. The van der Waals surface area contributed by atoms with Crippen LogP contribution in [0.25, 0.3) is 11.3 Å². The van der Waals surface area contributed by atoms with E-state index in [0.717, 1.165) is 22.8 Å². The van der Waals surface area contributed by atoms with Gasteiger partial charge in [-0.25, -0.2) is 9.97 Å². The monoisotopic (exact) mass is 443 g/mol. The molecule has 4 heterocycles. The van der Waals surface area contributed by atoms with E-state index in [0.29, 0.717) is 55.1 Å². The van der Waals surface area contributed by atoms with E-state index in [9.17, 15) is 9.59 Å². The summed E-state index contributed by atoms with van der Waals surface area (Å²) in [7, 11) is 0. The van der Waals surface area contributed by atoms with E-state index in [4.69, 9.17) is 9.15 Å². The van der Waals surface area contributed by atoms with Gasteiger partial charge in [0.2, 0.25) is 11.9 Å². The van der Waals surface area contributed by atoms with Crippen LogP contribution in [0, 0.1) is 20.8 Å². The molecule has 2 N–H and O–H groups in total. The zero-order chi connectivity index (χ0) is 22.0. The first kappa shape index (κ1) is 21.3. The van der Waals surface area contributed by atoms with Crippen molar-refractivity contribution in [2.24, 2.45) is 0 Å². The highest BCUT2D eigenvalue weighted by Crippen LogP contribution is 2.29. The lowest BCUT2D eigenvalue weighted by Crippen LogP contribution is -2.38. The first-order valence-corrected chi connectivity index (χ1v) is 11.0. The molecule has 1 aliphatic heterocycles. The second kappa shape index (κ2) is 9.03. The molecule has 3 aromatic rings. The van der Waals surface area contributed by atoms with Crippen molar-refractivity contribution >= 4 is 28.3 Å². The van der Waals surface area contributed by atoms with Crippen LogP contribution >= 0.6 is 11.3 Å². The minimum absolute atomic E-state index is 0.168. The third-order valence-electron chi connectivity index (χ3n) is 5.19. The lowest BCUT2D eigenvalue weighted by atomic mass is 10.1. The van der Waals surface area contributed by atoms with Crippen LogP contribution in [0.1, 0.15) is 29.2 Å². The van der Waals surface area contributed by atoms with E-state index in [1.165, 1.54) is 11.3 Å². The molecule has 1 amide bonds. The zero-order valence-corrected chi connectivity index (χ0v) is 18.6. The van der Waals surface area contributed by atoms with E-state index < -0.39 is 0 Å². The number of nitrogens with one attached hydrogen (secondary N) is 2. The highest BCUT2D eigenvalue weighted by molar-refractivity contribution is 7.14. The molecule has 0 aromatic carbocycles. The average molecular weight is 444 g/mol. The number of hydrogen-bond donors (Lipinski definition) is 2. The molecule has 1 saturated heterocycles. The molecule has 164 valence electrons. The molecular weight excluding hydrogens is 418 g/mol. The summed E-state index contributed by atoms with van der Waals surface area (Å²) in [5, 5.41) is 5.22. The summed E-state index contributed by atoms with van der Waals surface area (Å²) >= 11 is 1.36. The minimum atomic E-state index is -0.205. The van der Waals surface area contributed by atoms with Crippen LogP contribution in [0.2, 0.25) is 0 Å². The molecule has 10 heteroatoms. The van der Waals surface area contributed by atoms with Crippen LogP contribution in [-0.2, 0) is 16.0 Å². The SMILES string of the molecule is Cc1cc(-c2csc(NC(=O)CCc3c(C)nc(N4CCOCC4)[nH]c3=O)n2)c(C)o1. The number of hydrogen-bond acceptors (Lipinski definition) is 8. The standard InChI is InChI=1S/C21H25N5O4S/c1-12-10-16(14(3)30-12)17-11-31-21(23-17)24-18(27)5-4-15-13(2)22-20(25-19(15)28)26-6-8-29-9-7-26/h10-11H,4-9H2,1-3H3,(H,22,25,28)(H,23,24,27). The number of amides is 1. The summed E-state index contributed by atoms with van der Waals surface area (Å²) in [6, 6.07) is 1.93. The van der Waals surface area contributed by atoms with Gasteiger partial charge in [-0.05, 0) is 33.3 Å². The third-order valence-corrected chi connectivity index (χ3v) is 5.95. The Labute approximate surface area is 183 Å². The molecule has 0 spiro atoms. The Kier molecular flexibility index (Phi) is 6.19. The number of furan rings is 1. The quantitative estimate of drug-likeness (QED) is 0.602. The molecule has 0 radical (unpaired) electrons. The predicted molar refractivity (Wildman–Crippen MR) is 119 cm³/mol. The van der Waals surface area contributed by atoms with Crippen molar-refractivity contribution in [2.75, 3.05) is 36.5 Å². The molecule has 0 bridgehead atoms. The number of aryl methyl sites for hydroxylation is 3. The largest absolute Gasteiger partial charge is 0.466 e. The summed E-state index contributed by atoms with van der Waals surface area (Å²) in [5.41, 5.74) is 2.65. The highest BCUT2D eigenvalue weighted by atomic mass is 32.1. The normalized spacial score (nSPS) is 14.1. The van der Waals surface area contributed by atoms with Crippen LogP contribution in [0.3, 0.4) is 0 Å². The molecule has 0 atom stereocenters. The van der Waals surface area contributed by atoms with Gasteiger partial charge in [-0.1, -0.05) is 0 Å². The van der Waals surface area contributed by atoms with Crippen molar-refractivity contribution in [3.63, 3.8) is 0 Å². The Balaban J connectivity index is 1.38. The Morgan fingerprint density at radius 2 is 2.03 bits per heavy atom. The lowest BCUT2D eigenvalue weighted by molar-refractivity contribution is -0.116. The molecular formula is C21H25N5O4S. The van der Waals surface area contributed by atoms with Crippen molar-refractivity contribution in [2.45, 2.75) is 33.6 Å². The summed E-state index contributed by atoms with van der Waals surface area (Å²) in [6.45, 7) is 8.19. The molecule has 1 fully saturated rings. The molecule has 4 rings (SSSR count). The van der Waals surface area contributed by atoms with Crippen molar-refractivity contribution in [1.82, 2.24) is 15.0 Å². The van der Waals surface area contributed by atoms with Gasteiger partial charge in [-0.2, -0.15) is 0 Å². The maximum atomic E-state index is 12.6. The first-order valence-electron chi connectivity index (χ1n) is 10.2. The van der Waals surface area contributed by atoms with Gasteiger partial charge in [0.05, 0.1) is 18.9 Å². The molecule has 1 aliphatic rings. The van der Waals surface area contributed by atoms with Crippen molar-refractivity contribution in [1.29, 1.82) is 0 Å². The predicted octanol–water partition coefficient (Wildman–Crippen LogP) is 2.82. The minimum Gasteiger partial charge on any atom is -0.466 e. The number of nitrogens with zero attached hydrogens (tertiary/aromatic N) is 3. The number of ether oxygens (including phenoxy) is 1. The smallest absolute Gasteiger partial charge is 0.255 e. The molecule has 0 saturated carbocycles. The number of rotatable bonds is 6. The number of aromatic amines is 1. The van der Waals surface area contributed by atoms with Crippen LogP contribution in [0.4, 0.5) is 11.1 Å². The van der Waals surface area contributed by atoms with Crippen molar-refractivity contribution in [3.8, 4) is 11.3 Å². The fraction of sp³-hybridized carbons (Fsp3) is 0.429. The summed E-state index contributed by atoms with van der Waals surface area (Å²) in [4.78, 5) is 38.8. The van der Waals surface area contributed by atoms with Crippen LogP contribution in [-0.4, -0.2) is 47.2 Å². The van der Waals surface area contributed by atoms with Crippen LogP contribution in [0.15, 0.2) is 20.7 Å². The maximum absolute atomic E-state index is 12.6. The average Bonchev–Trinajstić information content (AvgIpc) is 3.33. The molecule has 0 unspecified atom stereocenters. The molecule has 0 aliphatic carbocycles. The number of anilines is 2. The van der Waals surface area contributed by atoms with Gasteiger partial charge in [0.1, 0.15) is 11.5 Å². The van der Waals surface area contributed by atoms with Gasteiger partial charge in [0.25, 0.3) is 5.56 Å².